The van der Waals surface area contributed by atoms with Crippen LogP contribution < -0.4 is 5.32 Å². The number of benzene rings is 1. The van der Waals surface area contributed by atoms with E-state index in [1.54, 1.807) is 12.1 Å². The number of nitrogens with zero attached hydrogens (tertiary/aromatic N) is 1. The lowest BCUT2D eigenvalue weighted by molar-refractivity contribution is 0.254. The lowest BCUT2D eigenvalue weighted by Crippen LogP contribution is -2.35. The number of hydrogen-bond donors (Lipinski definition) is 1. The third kappa shape index (κ3) is 3.26. The van der Waals surface area contributed by atoms with E-state index >= 15 is 0 Å². The normalized spacial score (nSPS) is 23.1. The molecule has 1 aromatic carbocycles. The first kappa shape index (κ1) is 13.9. The second-order valence-corrected chi connectivity index (χ2v) is 5.75. The molecular formula is C16H21FN2. The molecule has 3 heteroatoms. The lowest BCUT2D eigenvalue weighted by Gasteiger charge is -2.35. The first-order valence-electron chi connectivity index (χ1n) is 7.08. The molecule has 1 saturated carbocycles. The van der Waals surface area contributed by atoms with Crippen molar-refractivity contribution in [3.05, 3.63) is 29.6 Å². The van der Waals surface area contributed by atoms with Crippen LogP contribution in [0, 0.1) is 29.0 Å². The standard InChI is InChI=1S/C16H21FN2/c1-11(2)14-5-3-4-6-16(14)19-13-8-7-12(10-18)15(17)9-13/h7-9,11,14,16,19H,3-6H2,1-2H3. The van der Waals surface area contributed by atoms with Crippen molar-refractivity contribution in [1.29, 1.82) is 5.26 Å². The Bertz CT molecular complexity index is 476. The van der Waals surface area contributed by atoms with Gasteiger partial charge >= 0.3 is 0 Å². The molecule has 1 N–H and O–H groups in total. The van der Waals surface area contributed by atoms with Crippen LogP contribution in [0.15, 0.2) is 18.2 Å². The van der Waals surface area contributed by atoms with Gasteiger partial charge in [-0.2, -0.15) is 5.26 Å². The largest absolute Gasteiger partial charge is 0.382 e. The van der Waals surface area contributed by atoms with Crippen molar-refractivity contribution < 1.29 is 4.39 Å². The van der Waals surface area contributed by atoms with Crippen LogP contribution in [0.4, 0.5) is 10.1 Å². The molecule has 0 amide bonds. The number of nitrogens with one attached hydrogen (secondary N) is 1. The van der Waals surface area contributed by atoms with Crippen LogP contribution in [-0.4, -0.2) is 6.04 Å². The molecule has 1 aliphatic rings. The zero-order valence-electron chi connectivity index (χ0n) is 11.6. The summed E-state index contributed by atoms with van der Waals surface area (Å²) in [6, 6.07) is 7.05. The van der Waals surface area contributed by atoms with Gasteiger partial charge in [0.1, 0.15) is 11.9 Å². The van der Waals surface area contributed by atoms with E-state index in [9.17, 15) is 4.39 Å². The molecule has 2 nitrogen and oxygen atoms in total. The van der Waals surface area contributed by atoms with Gasteiger partial charge in [0.2, 0.25) is 0 Å². The molecule has 2 unspecified atom stereocenters. The van der Waals surface area contributed by atoms with Crippen LogP contribution >= 0.6 is 0 Å². The van der Waals surface area contributed by atoms with Crippen molar-refractivity contribution in [1.82, 2.24) is 0 Å². The van der Waals surface area contributed by atoms with Crippen LogP contribution in [-0.2, 0) is 0 Å². The third-order valence-corrected chi connectivity index (χ3v) is 4.12. The number of hydrogen-bond acceptors (Lipinski definition) is 2. The molecule has 0 aromatic heterocycles. The van der Waals surface area contributed by atoms with Crippen LogP contribution in [0.25, 0.3) is 0 Å². The first-order chi connectivity index (χ1) is 9.11. The summed E-state index contributed by atoms with van der Waals surface area (Å²) in [7, 11) is 0. The molecule has 1 fully saturated rings. The lowest BCUT2D eigenvalue weighted by atomic mass is 9.78. The SMILES string of the molecule is CC(C)C1CCCCC1Nc1ccc(C#N)c(F)c1. The van der Waals surface area contributed by atoms with E-state index in [1.807, 2.05) is 6.07 Å². The Morgan fingerprint density at radius 1 is 1.32 bits per heavy atom. The Hall–Kier alpha value is -1.56. The molecule has 0 bridgehead atoms. The minimum absolute atomic E-state index is 0.106. The smallest absolute Gasteiger partial charge is 0.143 e. The zero-order chi connectivity index (χ0) is 13.8. The monoisotopic (exact) mass is 260 g/mol. The van der Waals surface area contributed by atoms with Gasteiger partial charge in [-0.05, 0) is 42.9 Å². The van der Waals surface area contributed by atoms with Crippen molar-refractivity contribution >= 4 is 5.69 Å². The average molecular weight is 260 g/mol. The molecule has 0 radical (unpaired) electrons. The fraction of sp³-hybridized carbons (Fsp3) is 0.562. The number of halogens is 1. The summed E-state index contributed by atoms with van der Waals surface area (Å²) >= 11 is 0. The Morgan fingerprint density at radius 2 is 2.05 bits per heavy atom. The highest BCUT2D eigenvalue weighted by atomic mass is 19.1. The van der Waals surface area contributed by atoms with Crippen LogP contribution in [0.3, 0.4) is 0 Å². The molecule has 0 spiro atoms. The van der Waals surface area contributed by atoms with Crippen molar-refractivity contribution in [3.8, 4) is 6.07 Å². The zero-order valence-corrected chi connectivity index (χ0v) is 11.6. The summed E-state index contributed by atoms with van der Waals surface area (Å²) < 4.78 is 13.6. The fourth-order valence-corrected chi connectivity index (χ4v) is 3.05. The van der Waals surface area contributed by atoms with Gasteiger partial charge in [-0.15, -0.1) is 0 Å². The maximum Gasteiger partial charge on any atom is 0.143 e. The van der Waals surface area contributed by atoms with E-state index in [1.165, 1.54) is 25.3 Å². The van der Waals surface area contributed by atoms with Gasteiger partial charge in [-0.1, -0.05) is 26.7 Å². The third-order valence-electron chi connectivity index (χ3n) is 4.12. The minimum Gasteiger partial charge on any atom is -0.382 e. The van der Waals surface area contributed by atoms with Crippen molar-refractivity contribution in [2.75, 3.05) is 5.32 Å². The predicted octanol–water partition coefficient (Wildman–Crippen LogP) is 4.32. The highest BCUT2D eigenvalue weighted by Crippen LogP contribution is 2.32. The Balaban J connectivity index is 2.11. The number of rotatable bonds is 3. The van der Waals surface area contributed by atoms with Crippen molar-refractivity contribution in [3.63, 3.8) is 0 Å². The second-order valence-electron chi connectivity index (χ2n) is 5.75. The first-order valence-corrected chi connectivity index (χ1v) is 7.08. The molecular weight excluding hydrogens is 239 g/mol. The summed E-state index contributed by atoms with van der Waals surface area (Å²) in [5.74, 6) is 0.845. The number of anilines is 1. The van der Waals surface area contributed by atoms with Crippen molar-refractivity contribution in [2.45, 2.75) is 45.6 Å². The van der Waals surface area contributed by atoms with Crippen LogP contribution in [0.2, 0.25) is 0 Å². The molecule has 2 atom stereocenters. The molecule has 0 aliphatic heterocycles. The highest BCUT2D eigenvalue weighted by molar-refractivity contribution is 5.49. The second kappa shape index (κ2) is 6.06. The van der Waals surface area contributed by atoms with Gasteiger partial charge in [0.15, 0.2) is 0 Å². The van der Waals surface area contributed by atoms with Gasteiger partial charge in [0, 0.05) is 11.7 Å². The van der Waals surface area contributed by atoms with E-state index in [-0.39, 0.29) is 5.56 Å². The molecule has 19 heavy (non-hydrogen) atoms. The van der Waals surface area contributed by atoms with Gasteiger partial charge in [-0.25, -0.2) is 4.39 Å². The quantitative estimate of drug-likeness (QED) is 0.878. The van der Waals surface area contributed by atoms with Gasteiger partial charge in [0.25, 0.3) is 0 Å². The van der Waals surface area contributed by atoms with E-state index in [0.717, 1.165) is 12.1 Å². The van der Waals surface area contributed by atoms with E-state index < -0.39 is 5.82 Å². The fourth-order valence-electron chi connectivity index (χ4n) is 3.05. The Morgan fingerprint density at radius 3 is 2.68 bits per heavy atom. The van der Waals surface area contributed by atoms with Crippen molar-refractivity contribution in [2.24, 2.45) is 11.8 Å². The number of nitriles is 1. The average Bonchev–Trinajstić information content (AvgIpc) is 2.39. The maximum atomic E-state index is 13.6. The van der Waals surface area contributed by atoms with Gasteiger partial charge < -0.3 is 5.32 Å². The Kier molecular flexibility index (Phi) is 4.42. The molecule has 1 aliphatic carbocycles. The molecule has 102 valence electrons. The molecule has 0 heterocycles. The summed E-state index contributed by atoms with van der Waals surface area (Å²) in [6.07, 6.45) is 4.92. The van der Waals surface area contributed by atoms with E-state index in [0.29, 0.717) is 17.9 Å². The van der Waals surface area contributed by atoms with E-state index in [2.05, 4.69) is 19.2 Å². The highest BCUT2D eigenvalue weighted by Gasteiger charge is 2.27. The molecule has 1 aromatic rings. The summed E-state index contributed by atoms with van der Waals surface area (Å²) in [5, 5.41) is 12.2. The van der Waals surface area contributed by atoms with Gasteiger partial charge in [-0.3, -0.25) is 0 Å². The molecule has 0 saturated heterocycles. The van der Waals surface area contributed by atoms with Crippen LogP contribution in [0.1, 0.15) is 45.1 Å². The summed E-state index contributed by atoms with van der Waals surface area (Å²) in [5.41, 5.74) is 0.892. The van der Waals surface area contributed by atoms with Gasteiger partial charge in [0.05, 0.1) is 5.56 Å². The van der Waals surface area contributed by atoms with E-state index in [4.69, 9.17) is 5.26 Å². The predicted molar refractivity (Wildman–Crippen MR) is 75.3 cm³/mol. The molecule has 2 rings (SSSR count). The van der Waals surface area contributed by atoms with Crippen LogP contribution in [0.5, 0.6) is 0 Å². The minimum atomic E-state index is -0.440. The summed E-state index contributed by atoms with van der Waals surface area (Å²) in [6.45, 7) is 4.51. The summed E-state index contributed by atoms with van der Waals surface area (Å²) in [4.78, 5) is 0. The topological polar surface area (TPSA) is 35.8 Å². The Labute approximate surface area is 114 Å². The maximum absolute atomic E-state index is 13.6.